The summed E-state index contributed by atoms with van der Waals surface area (Å²) in [5.74, 6) is 1.71. The molecule has 1 aromatic heterocycles. The summed E-state index contributed by atoms with van der Waals surface area (Å²) in [4.78, 5) is 27.2. The smallest absolute Gasteiger partial charge is 0.325 e. The van der Waals surface area contributed by atoms with E-state index < -0.39 is 17.2 Å². The van der Waals surface area contributed by atoms with Crippen LogP contribution in [0.4, 0.5) is 16.4 Å². The van der Waals surface area contributed by atoms with E-state index in [0.29, 0.717) is 36.4 Å². The molecule has 3 amide bonds. The van der Waals surface area contributed by atoms with E-state index in [9.17, 15) is 9.59 Å². The highest BCUT2D eigenvalue weighted by Gasteiger charge is 2.33. The van der Waals surface area contributed by atoms with Gasteiger partial charge in [-0.15, -0.1) is 10.2 Å². The number of amides is 3. The van der Waals surface area contributed by atoms with Crippen molar-refractivity contribution in [3.8, 4) is 11.5 Å². The molecule has 2 aliphatic heterocycles. The van der Waals surface area contributed by atoms with Gasteiger partial charge in [0.15, 0.2) is 16.7 Å². The minimum absolute atomic E-state index is 0.391. The molecule has 1 atom stereocenters. The lowest BCUT2D eigenvalue weighted by Gasteiger charge is -2.19. The number of anilines is 2. The number of carbonyl (C=O) groups is 2. The summed E-state index contributed by atoms with van der Waals surface area (Å²) >= 11 is 1.33. The summed E-state index contributed by atoms with van der Waals surface area (Å²) in [6.07, 6.45) is 4.53. The van der Waals surface area contributed by atoms with Crippen LogP contribution in [0.15, 0.2) is 23.4 Å². The van der Waals surface area contributed by atoms with E-state index in [1.807, 2.05) is 0 Å². The summed E-state index contributed by atoms with van der Waals surface area (Å²) in [5, 5.41) is 14.1. The molecule has 1 saturated carbocycles. The van der Waals surface area contributed by atoms with Gasteiger partial charge in [-0.2, -0.15) is 0 Å². The molecular weight excluding hydrogens is 432 g/mol. The van der Waals surface area contributed by atoms with Gasteiger partial charge in [-0.3, -0.25) is 14.7 Å². The number of nitrogens with zero attached hydrogens (tertiary/aromatic N) is 4. The second-order valence-electron chi connectivity index (χ2n) is 8.14. The minimum Gasteiger partial charge on any atom is -0.486 e. The molecule has 0 radical (unpaired) electrons. The van der Waals surface area contributed by atoms with E-state index in [2.05, 4.69) is 30.3 Å². The Kier molecular flexibility index (Phi) is 5.81. The third-order valence-corrected chi connectivity index (χ3v) is 6.69. The Morgan fingerprint density at radius 2 is 1.88 bits per heavy atom. The Bertz CT molecular complexity index is 1020. The lowest BCUT2D eigenvalue weighted by Crippen LogP contribution is -2.39. The Morgan fingerprint density at radius 1 is 1.12 bits per heavy atom. The molecule has 2 fully saturated rings. The molecule has 0 bridgehead atoms. The topological polar surface area (TPSA) is 111 Å². The maximum absolute atomic E-state index is 12.6. The fraction of sp³-hybridized carbons (Fsp3) is 0.524. The average Bonchev–Trinajstić information content (AvgIpc) is 3.30. The third kappa shape index (κ3) is 4.47. The molecule has 0 spiro atoms. The molecule has 1 saturated heterocycles. The van der Waals surface area contributed by atoms with Crippen LogP contribution in [0.25, 0.3) is 0 Å². The quantitative estimate of drug-likeness (QED) is 0.636. The maximum atomic E-state index is 12.6. The van der Waals surface area contributed by atoms with Crippen LogP contribution in [0.3, 0.4) is 0 Å². The van der Waals surface area contributed by atoms with Crippen LogP contribution in [-0.4, -0.2) is 58.3 Å². The number of benzene rings is 1. The molecule has 170 valence electrons. The highest BCUT2D eigenvalue weighted by atomic mass is 32.2. The standard InChI is InChI=1S/C21H26N6O4S/c1-13(32-21-25-24-20(26-8-2-3-9-26)27(21)15-5-6-15)18(28)23-19(29)22-14-4-7-16-17(12-14)31-11-10-30-16/h4,7,12-13,15H,2-3,5-6,8-11H2,1H3,(H2,22,23,28,29)/t13-/m0/s1. The van der Waals surface area contributed by atoms with Crippen molar-refractivity contribution in [1.82, 2.24) is 20.1 Å². The fourth-order valence-corrected chi connectivity index (χ4v) is 4.76. The van der Waals surface area contributed by atoms with Crippen molar-refractivity contribution in [2.24, 2.45) is 0 Å². The van der Waals surface area contributed by atoms with E-state index >= 15 is 0 Å². The number of nitrogens with one attached hydrogen (secondary N) is 2. The maximum Gasteiger partial charge on any atom is 0.325 e. The van der Waals surface area contributed by atoms with Crippen LogP contribution < -0.4 is 25.0 Å². The molecule has 3 aliphatic rings. The van der Waals surface area contributed by atoms with Crippen LogP contribution in [0.5, 0.6) is 11.5 Å². The zero-order chi connectivity index (χ0) is 22.1. The van der Waals surface area contributed by atoms with Gasteiger partial charge >= 0.3 is 6.03 Å². The van der Waals surface area contributed by atoms with Crippen molar-refractivity contribution in [1.29, 1.82) is 0 Å². The zero-order valence-electron chi connectivity index (χ0n) is 17.9. The van der Waals surface area contributed by atoms with Gasteiger partial charge in [0.25, 0.3) is 0 Å². The van der Waals surface area contributed by atoms with E-state index in [1.165, 1.54) is 11.8 Å². The molecule has 1 aliphatic carbocycles. The highest BCUT2D eigenvalue weighted by Crippen LogP contribution is 2.42. The number of hydrogen-bond donors (Lipinski definition) is 2. The summed E-state index contributed by atoms with van der Waals surface area (Å²) in [5.41, 5.74) is 0.517. The van der Waals surface area contributed by atoms with Crippen molar-refractivity contribution < 1.29 is 19.1 Å². The lowest BCUT2D eigenvalue weighted by atomic mass is 10.2. The number of urea groups is 1. The van der Waals surface area contributed by atoms with Crippen molar-refractivity contribution in [3.05, 3.63) is 18.2 Å². The van der Waals surface area contributed by atoms with E-state index in [0.717, 1.165) is 49.9 Å². The molecule has 2 aromatic rings. The van der Waals surface area contributed by atoms with Gasteiger partial charge in [0.1, 0.15) is 13.2 Å². The monoisotopic (exact) mass is 458 g/mol. The number of ether oxygens (including phenoxy) is 2. The summed E-state index contributed by atoms with van der Waals surface area (Å²) < 4.78 is 13.2. The Balaban J connectivity index is 1.19. The summed E-state index contributed by atoms with van der Waals surface area (Å²) in [7, 11) is 0. The Hall–Kier alpha value is -2.95. The number of rotatable bonds is 6. The number of aromatic nitrogens is 3. The second-order valence-corrected chi connectivity index (χ2v) is 9.45. The molecule has 10 nitrogen and oxygen atoms in total. The molecule has 5 rings (SSSR count). The molecule has 0 unspecified atom stereocenters. The van der Waals surface area contributed by atoms with Gasteiger partial charge < -0.3 is 19.7 Å². The van der Waals surface area contributed by atoms with Crippen LogP contribution in [0.2, 0.25) is 0 Å². The van der Waals surface area contributed by atoms with Crippen molar-refractivity contribution in [2.45, 2.75) is 49.1 Å². The average molecular weight is 459 g/mol. The van der Waals surface area contributed by atoms with Crippen molar-refractivity contribution >= 4 is 35.3 Å². The number of carbonyl (C=O) groups excluding carboxylic acids is 2. The van der Waals surface area contributed by atoms with Gasteiger partial charge in [-0.25, -0.2) is 4.79 Å². The molecule has 3 heterocycles. The number of fused-ring (bicyclic) bond motifs is 1. The molecular formula is C21H26N6O4S. The first-order valence-electron chi connectivity index (χ1n) is 11.0. The summed E-state index contributed by atoms with van der Waals surface area (Å²) in [6, 6.07) is 4.91. The fourth-order valence-electron chi connectivity index (χ4n) is 3.84. The highest BCUT2D eigenvalue weighted by molar-refractivity contribution is 8.00. The van der Waals surface area contributed by atoms with Gasteiger partial charge in [0.2, 0.25) is 11.9 Å². The predicted molar refractivity (Wildman–Crippen MR) is 120 cm³/mol. The number of imide groups is 1. The van der Waals surface area contributed by atoms with Crippen LogP contribution in [0, 0.1) is 0 Å². The van der Waals surface area contributed by atoms with Crippen LogP contribution >= 0.6 is 11.8 Å². The Labute approximate surface area is 190 Å². The second kappa shape index (κ2) is 8.89. The van der Waals surface area contributed by atoms with Gasteiger partial charge in [-0.05, 0) is 44.7 Å². The van der Waals surface area contributed by atoms with Crippen molar-refractivity contribution in [2.75, 3.05) is 36.5 Å². The summed E-state index contributed by atoms with van der Waals surface area (Å²) in [6.45, 7) is 4.70. The number of hydrogen-bond acceptors (Lipinski definition) is 8. The van der Waals surface area contributed by atoms with Crippen molar-refractivity contribution in [3.63, 3.8) is 0 Å². The molecule has 2 N–H and O–H groups in total. The SMILES string of the molecule is C[C@H](Sc1nnc(N2CCCC2)n1C1CC1)C(=O)NC(=O)Nc1ccc2c(c1)OCCO2. The molecule has 1 aromatic carbocycles. The van der Waals surface area contributed by atoms with E-state index in [1.54, 1.807) is 25.1 Å². The Morgan fingerprint density at radius 3 is 2.62 bits per heavy atom. The van der Waals surface area contributed by atoms with Crippen LogP contribution in [-0.2, 0) is 4.79 Å². The van der Waals surface area contributed by atoms with Crippen LogP contribution in [0.1, 0.15) is 38.6 Å². The third-order valence-electron chi connectivity index (χ3n) is 5.64. The molecule has 32 heavy (non-hydrogen) atoms. The normalized spacial score (nSPS) is 18.3. The zero-order valence-corrected chi connectivity index (χ0v) is 18.7. The van der Waals surface area contributed by atoms with Gasteiger partial charge in [0.05, 0.1) is 5.25 Å². The van der Waals surface area contributed by atoms with E-state index in [4.69, 9.17) is 9.47 Å². The largest absolute Gasteiger partial charge is 0.486 e. The predicted octanol–water partition coefficient (Wildman–Crippen LogP) is 2.81. The minimum atomic E-state index is -0.597. The number of thioether (sulfide) groups is 1. The first-order chi connectivity index (χ1) is 15.6. The molecule has 11 heteroatoms. The first kappa shape index (κ1) is 20.9. The lowest BCUT2D eigenvalue weighted by molar-refractivity contribution is -0.119. The van der Waals surface area contributed by atoms with Gasteiger partial charge in [0, 0.05) is 30.9 Å². The van der Waals surface area contributed by atoms with Gasteiger partial charge in [-0.1, -0.05) is 11.8 Å². The first-order valence-corrected chi connectivity index (χ1v) is 11.8. The van der Waals surface area contributed by atoms with E-state index in [-0.39, 0.29) is 0 Å².